The van der Waals surface area contributed by atoms with E-state index < -0.39 is 0 Å². The monoisotopic (exact) mass is 316 g/mol. The van der Waals surface area contributed by atoms with E-state index in [4.69, 9.17) is 0 Å². The van der Waals surface area contributed by atoms with Crippen molar-refractivity contribution in [1.82, 2.24) is 0 Å². The molecule has 0 aromatic heterocycles. The predicted molar refractivity (Wildman–Crippen MR) is 82.8 cm³/mol. The van der Waals surface area contributed by atoms with E-state index in [2.05, 4.69) is 15.9 Å². The van der Waals surface area contributed by atoms with Gasteiger partial charge in [0.05, 0.1) is 0 Å². The van der Waals surface area contributed by atoms with Crippen LogP contribution >= 0.6 is 15.9 Å². The molecule has 0 unspecified atom stereocenters. The van der Waals surface area contributed by atoms with Gasteiger partial charge in [0.2, 0.25) is 0 Å². The number of hydrogen-bond donors (Lipinski definition) is 0. The maximum Gasteiger partial charge on any atom is 0.167 e. The number of hydrogen-bond acceptors (Lipinski definition) is 1. The Morgan fingerprint density at radius 2 is 1.63 bits per heavy atom. The van der Waals surface area contributed by atoms with E-state index in [9.17, 15) is 4.79 Å². The minimum absolute atomic E-state index is 0.178. The normalized spacial score (nSPS) is 10.5. The minimum Gasteiger partial charge on any atom is -0.294 e. The van der Waals surface area contributed by atoms with Gasteiger partial charge in [0.25, 0.3) is 0 Å². The van der Waals surface area contributed by atoms with Gasteiger partial charge in [-0.1, -0.05) is 45.8 Å². The second-order valence-corrected chi connectivity index (χ2v) is 5.86. The van der Waals surface area contributed by atoms with Gasteiger partial charge in [0.1, 0.15) is 0 Å². The van der Waals surface area contributed by atoms with Crippen LogP contribution in [0, 0.1) is 20.8 Å². The molecular formula is C17H17BrO. The van der Waals surface area contributed by atoms with Crippen LogP contribution in [0.1, 0.15) is 32.6 Å². The molecule has 0 aliphatic carbocycles. The fourth-order valence-corrected chi connectivity index (χ4v) is 2.53. The second-order valence-electron chi connectivity index (χ2n) is 5.00. The van der Waals surface area contributed by atoms with Crippen molar-refractivity contribution >= 4 is 21.7 Å². The molecule has 2 aromatic carbocycles. The van der Waals surface area contributed by atoms with Crippen LogP contribution in [-0.2, 0) is 6.42 Å². The molecule has 0 fully saturated rings. The lowest BCUT2D eigenvalue weighted by atomic mass is 9.97. The van der Waals surface area contributed by atoms with E-state index in [1.54, 1.807) is 0 Å². The van der Waals surface area contributed by atoms with E-state index >= 15 is 0 Å². The van der Waals surface area contributed by atoms with Crippen LogP contribution in [-0.4, -0.2) is 5.78 Å². The zero-order valence-corrected chi connectivity index (χ0v) is 13.0. The molecule has 2 heteroatoms. The molecule has 19 heavy (non-hydrogen) atoms. The van der Waals surface area contributed by atoms with Crippen LogP contribution in [0.25, 0.3) is 0 Å². The van der Waals surface area contributed by atoms with Crippen LogP contribution in [0.2, 0.25) is 0 Å². The molecule has 0 saturated carbocycles. The third-order valence-corrected chi connectivity index (χ3v) is 4.15. The molecule has 0 radical (unpaired) electrons. The van der Waals surface area contributed by atoms with E-state index in [0.29, 0.717) is 6.42 Å². The summed E-state index contributed by atoms with van der Waals surface area (Å²) in [6, 6.07) is 12.1. The first-order chi connectivity index (χ1) is 8.97. The topological polar surface area (TPSA) is 17.1 Å². The summed E-state index contributed by atoms with van der Waals surface area (Å²) in [6.45, 7) is 6.03. The highest BCUT2D eigenvalue weighted by molar-refractivity contribution is 9.10. The molecule has 0 N–H and O–H groups in total. The molecule has 0 heterocycles. The quantitative estimate of drug-likeness (QED) is 0.743. The third kappa shape index (κ3) is 3.32. The number of Topliss-reactive ketones (excluding diaryl/α,β-unsaturated/α-hetero) is 1. The van der Waals surface area contributed by atoms with Crippen molar-refractivity contribution in [2.75, 3.05) is 0 Å². The number of halogens is 1. The lowest BCUT2D eigenvalue weighted by molar-refractivity contribution is 0.0992. The van der Waals surface area contributed by atoms with Crippen molar-refractivity contribution in [3.8, 4) is 0 Å². The van der Waals surface area contributed by atoms with E-state index in [-0.39, 0.29) is 5.78 Å². The maximum absolute atomic E-state index is 12.4. The Kier molecular flexibility index (Phi) is 4.20. The van der Waals surface area contributed by atoms with Gasteiger partial charge in [-0.2, -0.15) is 0 Å². The van der Waals surface area contributed by atoms with Gasteiger partial charge in [-0.25, -0.2) is 0 Å². The van der Waals surface area contributed by atoms with Crippen molar-refractivity contribution in [1.29, 1.82) is 0 Å². The van der Waals surface area contributed by atoms with Crippen LogP contribution in [0.5, 0.6) is 0 Å². The zero-order valence-electron chi connectivity index (χ0n) is 11.5. The van der Waals surface area contributed by atoms with Crippen LogP contribution in [0.4, 0.5) is 0 Å². The summed E-state index contributed by atoms with van der Waals surface area (Å²) in [5, 5.41) is 0. The number of rotatable bonds is 3. The number of carbonyl (C=O) groups is 1. The van der Waals surface area contributed by atoms with Gasteiger partial charge in [0, 0.05) is 16.5 Å². The fourth-order valence-electron chi connectivity index (χ4n) is 2.07. The van der Waals surface area contributed by atoms with Gasteiger partial charge in [0.15, 0.2) is 5.78 Å². The number of benzene rings is 2. The molecular weight excluding hydrogens is 300 g/mol. The highest BCUT2D eigenvalue weighted by atomic mass is 79.9. The summed E-state index contributed by atoms with van der Waals surface area (Å²) < 4.78 is 1.05. The molecule has 0 aliphatic heterocycles. The van der Waals surface area contributed by atoms with E-state index in [1.165, 1.54) is 5.56 Å². The summed E-state index contributed by atoms with van der Waals surface area (Å²) in [7, 11) is 0. The van der Waals surface area contributed by atoms with Crippen LogP contribution in [0.15, 0.2) is 40.9 Å². The zero-order chi connectivity index (χ0) is 14.0. The fraction of sp³-hybridized carbons (Fsp3) is 0.235. The average molecular weight is 317 g/mol. The summed E-state index contributed by atoms with van der Waals surface area (Å²) >= 11 is 3.49. The Morgan fingerprint density at radius 1 is 1.00 bits per heavy atom. The van der Waals surface area contributed by atoms with Gasteiger partial charge in [-0.15, -0.1) is 0 Å². The lowest BCUT2D eigenvalue weighted by Gasteiger charge is -2.08. The molecule has 2 aromatic rings. The SMILES string of the molecule is Cc1ccc(CC(=O)c2cc(C)c(Br)cc2C)cc1. The van der Waals surface area contributed by atoms with Crippen molar-refractivity contribution in [2.45, 2.75) is 27.2 Å². The summed E-state index contributed by atoms with van der Waals surface area (Å²) in [5.74, 6) is 0.178. The standard InChI is InChI=1S/C17H17BrO/c1-11-4-6-14(7-5-11)10-17(19)15-8-13(3)16(18)9-12(15)2/h4-9H,10H2,1-3H3. The van der Waals surface area contributed by atoms with Crippen molar-refractivity contribution in [2.24, 2.45) is 0 Å². The number of aryl methyl sites for hydroxylation is 3. The Bertz CT molecular complexity index is 612. The summed E-state index contributed by atoms with van der Waals surface area (Å²) in [4.78, 5) is 12.4. The van der Waals surface area contributed by atoms with E-state index in [1.807, 2.05) is 57.2 Å². The largest absolute Gasteiger partial charge is 0.294 e. The smallest absolute Gasteiger partial charge is 0.167 e. The number of carbonyl (C=O) groups excluding carboxylic acids is 1. The molecule has 0 spiro atoms. The maximum atomic E-state index is 12.4. The Hall–Kier alpha value is -1.41. The van der Waals surface area contributed by atoms with Crippen molar-refractivity contribution in [3.63, 3.8) is 0 Å². The second kappa shape index (κ2) is 5.70. The van der Waals surface area contributed by atoms with Gasteiger partial charge < -0.3 is 0 Å². The van der Waals surface area contributed by atoms with Crippen molar-refractivity contribution < 1.29 is 4.79 Å². The highest BCUT2D eigenvalue weighted by Crippen LogP contribution is 2.22. The molecule has 0 saturated heterocycles. The predicted octanol–water partition coefficient (Wildman–Crippen LogP) is 4.80. The molecule has 0 amide bonds. The van der Waals surface area contributed by atoms with Gasteiger partial charge >= 0.3 is 0 Å². The summed E-state index contributed by atoms with van der Waals surface area (Å²) in [5.41, 5.74) is 5.22. The van der Waals surface area contributed by atoms with Crippen molar-refractivity contribution in [3.05, 3.63) is 68.7 Å². The van der Waals surface area contributed by atoms with Crippen LogP contribution in [0.3, 0.4) is 0 Å². The molecule has 1 nitrogen and oxygen atoms in total. The highest BCUT2D eigenvalue weighted by Gasteiger charge is 2.11. The van der Waals surface area contributed by atoms with Crippen LogP contribution < -0.4 is 0 Å². The Labute approximate surface area is 122 Å². The Morgan fingerprint density at radius 3 is 2.26 bits per heavy atom. The molecule has 2 rings (SSSR count). The first-order valence-electron chi connectivity index (χ1n) is 6.33. The summed E-state index contributed by atoms with van der Waals surface area (Å²) in [6.07, 6.45) is 0.461. The minimum atomic E-state index is 0.178. The average Bonchev–Trinajstić information content (AvgIpc) is 2.36. The third-order valence-electron chi connectivity index (χ3n) is 3.29. The number of ketones is 1. The molecule has 0 atom stereocenters. The van der Waals surface area contributed by atoms with E-state index in [0.717, 1.165) is 26.7 Å². The molecule has 98 valence electrons. The first kappa shape index (κ1) is 14.0. The molecule has 0 aliphatic rings. The van der Waals surface area contributed by atoms with Gasteiger partial charge in [-0.05, 0) is 49.6 Å². The van der Waals surface area contributed by atoms with Gasteiger partial charge in [-0.3, -0.25) is 4.79 Å². The Balaban J connectivity index is 2.25. The first-order valence-corrected chi connectivity index (χ1v) is 7.12. The lowest BCUT2D eigenvalue weighted by Crippen LogP contribution is -2.06. The molecule has 0 bridgehead atoms.